The highest BCUT2D eigenvalue weighted by Gasteiger charge is 2.06. The normalized spacial score (nSPS) is 10.4. The molecule has 0 radical (unpaired) electrons. The molecule has 2 N–H and O–H groups in total. The number of nitrogens with zero attached hydrogens (tertiary/aromatic N) is 1. The van der Waals surface area contributed by atoms with Crippen LogP contribution in [0.15, 0.2) is 18.3 Å². The van der Waals surface area contributed by atoms with Gasteiger partial charge in [-0.3, -0.25) is 4.79 Å². The van der Waals surface area contributed by atoms with E-state index in [1.807, 2.05) is 13.8 Å². The Bertz CT molecular complexity index is 377. The average molecular weight is 249 g/mol. The molecular weight excluding hydrogens is 226 g/mol. The summed E-state index contributed by atoms with van der Waals surface area (Å²) >= 11 is 0. The van der Waals surface area contributed by atoms with E-state index in [4.69, 9.17) is 0 Å². The van der Waals surface area contributed by atoms with Crippen molar-refractivity contribution < 1.29 is 4.79 Å². The van der Waals surface area contributed by atoms with E-state index in [0.717, 1.165) is 31.6 Å². The first-order chi connectivity index (χ1) is 8.63. The third-order valence-electron chi connectivity index (χ3n) is 2.52. The summed E-state index contributed by atoms with van der Waals surface area (Å²) in [5.41, 5.74) is 0.657. The highest BCUT2D eigenvalue weighted by atomic mass is 16.1. The molecule has 0 saturated carbocycles. The van der Waals surface area contributed by atoms with Crippen LogP contribution in [-0.2, 0) is 0 Å². The molecule has 4 heteroatoms. The number of unbranched alkanes of at least 4 members (excludes halogenated alkanes) is 2. The van der Waals surface area contributed by atoms with E-state index < -0.39 is 0 Å². The number of rotatable bonds is 7. The zero-order valence-corrected chi connectivity index (χ0v) is 11.5. The summed E-state index contributed by atoms with van der Waals surface area (Å²) < 4.78 is 0. The number of carbonyl (C=O) groups excluding carboxylic acids is 1. The van der Waals surface area contributed by atoms with Gasteiger partial charge in [0.15, 0.2) is 0 Å². The van der Waals surface area contributed by atoms with Gasteiger partial charge >= 0.3 is 0 Å². The van der Waals surface area contributed by atoms with E-state index in [-0.39, 0.29) is 5.91 Å². The molecular formula is C14H23N3O. The van der Waals surface area contributed by atoms with E-state index in [9.17, 15) is 4.79 Å². The highest BCUT2D eigenvalue weighted by Crippen LogP contribution is 2.08. The Morgan fingerprint density at radius 3 is 2.83 bits per heavy atom. The number of anilines is 1. The summed E-state index contributed by atoms with van der Waals surface area (Å²) in [4.78, 5) is 16.1. The average Bonchev–Trinajstić information content (AvgIpc) is 2.34. The van der Waals surface area contributed by atoms with Gasteiger partial charge in [-0.2, -0.15) is 0 Å². The van der Waals surface area contributed by atoms with Gasteiger partial charge in [0.25, 0.3) is 5.91 Å². The van der Waals surface area contributed by atoms with Crippen molar-refractivity contribution in [1.29, 1.82) is 0 Å². The monoisotopic (exact) mass is 249 g/mol. The minimum absolute atomic E-state index is 0.0275. The van der Waals surface area contributed by atoms with E-state index in [2.05, 4.69) is 22.5 Å². The minimum atomic E-state index is -0.0275. The lowest BCUT2D eigenvalue weighted by Crippen LogP contribution is -2.24. The fourth-order valence-corrected chi connectivity index (χ4v) is 1.63. The predicted octanol–water partition coefficient (Wildman–Crippen LogP) is 2.82. The van der Waals surface area contributed by atoms with Crippen LogP contribution in [0, 0.1) is 0 Å². The van der Waals surface area contributed by atoms with Crippen LogP contribution in [0.1, 0.15) is 50.4 Å². The lowest BCUT2D eigenvalue weighted by Gasteiger charge is -2.10. The van der Waals surface area contributed by atoms with E-state index in [0.29, 0.717) is 11.6 Å². The van der Waals surface area contributed by atoms with E-state index in [1.54, 1.807) is 18.3 Å². The lowest BCUT2D eigenvalue weighted by molar-refractivity contribution is 0.0953. The molecule has 1 aromatic heterocycles. The fourth-order valence-electron chi connectivity index (χ4n) is 1.63. The van der Waals surface area contributed by atoms with Crippen LogP contribution >= 0.6 is 0 Å². The zero-order chi connectivity index (χ0) is 13.4. The second kappa shape index (κ2) is 7.69. The fraction of sp³-hybridized carbons (Fsp3) is 0.571. The SMILES string of the molecule is CCCCCNC(=O)c1ccnc(NC(C)C)c1. The van der Waals surface area contributed by atoms with E-state index >= 15 is 0 Å². The van der Waals surface area contributed by atoms with Crippen molar-refractivity contribution in [2.45, 2.75) is 46.1 Å². The van der Waals surface area contributed by atoms with Crippen LogP contribution in [0.4, 0.5) is 5.82 Å². The molecule has 0 aliphatic heterocycles. The second-order valence-electron chi connectivity index (χ2n) is 4.69. The van der Waals surface area contributed by atoms with Gasteiger partial charge in [-0.1, -0.05) is 19.8 Å². The molecule has 1 rings (SSSR count). The summed E-state index contributed by atoms with van der Waals surface area (Å²) in [6.45, 7) is 6.97. The third kappa shape index (κ3) is 5.17. The number of carbonyl (C=O) groups is 1. The Hall–Kier alpha value is -1.58. The van der Waals surface area contributed by atoms with Gasteiger partial charge in [-0.05, 0) is 32.4 Å². The molecule has 0 spiro atoms. The summed E-state index contributed by atoms with van der Waals surface area (Å²) in [7, 11) is 0. The summed E-state index contributed by atoms with van der Waals surface area (Å²) in [6, 6.07) is 3.83. The molecule has 1 aromatic rings. The van der Waals surface area contributed by atoms with Crippen LogP contribution in [0.3, 0.4) is 0 Å². The summed E-state index contributed by atoms with van der Waals surface area (Å²) in [5.74, 6) is 0.714. The van der Waals surface area contributed by atoms with Crippen LogP contribution in [0.25, 0.3) is 0 Å². The van der Waals surface area contributed by atoms with Gasteiger partial charge in [0.1, 0.15) is 5.82 Å². The van der Waals surface area contributed by atoms with Gasteiger partial charge < -0.3 is 10.6 Å². The number of aromatic nitrogens is 1. The maximum Gasteiger partial charge on any atom is 0.251 e. The smallest absolute Gasteiger partial charge is 0.251 e. The Morgan fingerprint density at radius 2 is 2.17 bits per heavy atom. The largest absolute Gasteiger partial charge is 0.368 e. The van der Waals surface area contributed by atoms with Gasteiger partial charge in [-0.25, -0.2) is 4.98 Å². The summed E-state index contributed by atoms with van der Waals surface area (Å²) in [5, 5.41) is 6.11. The lowest BCUT2D eigenvalue weighted by atomic mass is 10.2. The number of hydrogen-bond acceptors (Lipinski definition) is 3. The molecule has 0 unspecified atom stereocenters. The summed E-state index contributed by atoms with van der Waals surface area (Å²) in [6.07, 6.45) is 5.00. The molecule has 0 fully saturated rings. The van der Waals surface area contributed by atoms with Crippen molar-refractivity contribution in [3.05, 3.63) is 23.9 Å². The topological polar surface area (TPSA) is 54.0 Å². The van der Waals surface area contributed by atoms with Crippen molar-refractivity contribution in [1.82, 2.24) is 10.3 Å². The Kier molecular flexibility index (Phi) is 6.19. The van der Waals surface area contributed by atoms with Crippen LogP contribution in [0.5, 0.6) is 0 Å². The van der Waals surface area contributed by atoms with Gasteiger partial charge in [0, 0.05) is 24.3 Å². The quantitative estimate of drug-likeness (QED) is 0.731. The van der Waals surface area contributed by atoms with E-state index in [1.165, 1.54) is 0 Å². The number of pyridine rings is 1. The second-order valence-corrected chi connectivity index (χ2v) is 4.69. The maximum absolute atomic E-state index is 11.9. The van der Waals surface area contributed by atoms with Crippen LogP contribution in [0.2, 0.25) is 0 Å². The molecule has 18 heavy (non-hydrogen) atoms. The first kappa shape index (κ1) is 14.5. The molecule has 100 valence electrons. The van der Waals surface area contributed by atoms with Crippen molar-refractivity contribution in [2.24, 2.45) is 0 Å². The Labute approximate surface area is 109 Å². The molecule has 0 aliphatic carbocycles. The van der Waals surface area contributed by atoms with Gasteiger partial charge in [0.05, 0.1) is 0 Å². The number of hydrogen-bond donors (Lipinski definition) is 2. The maximum atomic E-state index is 11.9. The Balaban J connectivity index is 2.51. The minimum Gasteiger partial charge on any atom is -0.368 e. The number of amides is 1. The third-order valence-corrected chi connectivity index (χ3v) is 2.52. The molecule has 0 bridgehead atoms. The molecule has 0 atom stereocenters. The van der Waals surface area contributed by atoms with Crippen molar-refractivity contribution in [2.75, 3.05) is 11.9 Å². The molecule has 0 aliphatic rings. The molecule has 1 heterocycles. The van der Waals surface area contributed by atoms with Crippen LogP contribution in [-0.4, -0.2) is 23.5 Å². The van der Waals surface area contributed by atoms with Crippen molar-refractivity contribution in [3.63, 3.8) is 0 Å². The van der Waals surface area contributed by atoms with Crippen LogP contribution < -0.4 is 10.6 Å². The zero-order valence-electron chi connectivity index (χ0n) is 11.5. The molecule has 0 aromatic carbocycles. The van der Waals surface area contributed by atoms with Crippen molar-refractivity contribution >= 4 is 11.7 Å². The first-order valence-electron chi connectivity index (χ1n) is 6.64. The predicted molar refractivity (Wildman–Crippen MR) is 74.9 cm³/mol. The van der Waals surface area contributed by atoms with Gasteiger partial charge in [-0.15, -0.1) is 0 Å². The highest BCUT2D eigenvalue weighted by molar-refractivity contribution is 5.94. The van der Waals surface area contributed by atoms with Crippen molar-refractivity contribution in [3.8, 4) is 0 Å². The van der Waals surface area contributed by atoms with Gasteiger partial charge in [0.2, 0.25) is 0 Å². The molecule has 4 nitrogen and oxygen atoms in total. The molecule has 1 amide bonds. The molecule has 0 saturated heterocycles. The Morgan fingerprint density at radius 1 is 1.39 bits per heavy atom. The first-order valence-corrected chi connectivity index (χ1v) is 6.64. The number of nitrogens with one attached hydrogen (secondary N) is 2. The standard InChI is InChI=1S/C14H23N3O/c1-4-5-6-8-16-14(18)12-7-9-15-13(10-12)17-11(2)3/h7,9-11H,4-6,8H2,1-3H3,(H,15,17)(H,16,18).